The van der Waals surface area contributed by atoms with Crippen molar-refractivity contribution in [3.8, 4) is 5.75 Å². The van der Waals surface area contributed by atoms with E-state index in [9.17, 15) is 9.59 Å². The van der Waals surface area contributed by atoms with Gasteiger partial charge in [0.2, 0.25) is 5.91 Å². The lowest BCUT2D eigenvalue weighted by Crippen LogP contribution is -2.24. The van der Waals surface area contributed by atoms with Gasteiger partial charge in [0.05, 0.1) is 0 Å². The standard InChI is InChI=1S/C21H21NO4/c23-19(24)13-26-16-8-3-7-15(11-16)22-20(25)18-12-21(18)10-4-6-14-5-1-2-9-17(14)21/h1-3,5,7-9,11,18H,4,6,10,12-13H2,(H,22,25)(H,23,24). The summed E-state index contributed by atoms with van der Waals surface area (Å²) in [6.45, 7) is -0.403. The number of hydrogen-bond acceptors (Lipinski definition) is 3. The maximum absolute atomic E-state index is 12.8. The van der Waals surface area contributed by atoms with E-state index in [1.54, 1.807) is 24.3 Å². The number of benzene rings is 2. The van der Waals surface area contributed by atoms with Crippen LogP contribution in [0.2, 0.25) is 0 Å². The molecule has 0 bridgehead atoms. The van der Waals surface area contributed by atoms with Gasteiger partial charge in [-0.15, -0.1) is 0 Å². The highest BCUT2D eigenvalue weighted by molar-refractivity contribution is 5.96. The molecule has 5 heteroatoms. The summed E-state index contributed by atoms with van der Waals surface area (Å²) < 4.78 is 5.17. The van der Waals surface area contributed by atoms with Crippen LogP contribution in [0.15, 0.2) is 48.5 Å². The maximum Gasteiger partial charge on any atom is 0.341 e. The van der Waals surface area contributed by atoms with E-state index in [2.05, 4.69) is 29.6 Å². The van der Waals surface area contributed by atoms with Gasteiger partial charge in [-0.3, -0.25) is 4.79 Å². The smallest absolute Gasteiger partial charge is 0.341 e. The molecule has 26 heavy (non-hydrogen) atoms. The van der Waals surface area contributed by atoms with Crippen LogP contribution in [0, 0.1) is 5.92 Å². The van der Waals surface area contributed by atoms with Gasteiger partial charge in [0.15, 0.2) is 6.61 Å². The summed E-state index contributed by atoms with van der Waals surface area (Å²) in [6, 6.07) is 15.3. The average Bonchev–Trinajstić information content (AvgIpc) is 3.36. The minimum absolute atomic E-state index is 0.00363. The highest BCUT2D eigenvalue weighted by Crippen LogP contribution is 2.60. The predicted molar refractivity (Wildman–Crippen MR) is 97.4 cm³/mol. The zero-order chi connectivity index (χ0) is 18.1. The molecule has 134 valence electrons. The van der Waals surface area contributed by atoms with Gasteiger partial charge in [-0.2, -0.15) is 0 Å². The van der Waals surface area contributed by atoms with E-state index in [0.29, 0.717) is 11.4 Å². The minimum Gasteiger partial charge on any atom is -0.482 e. The van der Waals surface area contributed by atoms with E-state index in [4.69, 9.17) is 9.84 Å². The number of aryl methyl sites for hydroxylation is 1. The molecule has 1 amide bonds. The number of fused-ring (bicyclic) bond motifs is 2. The van der Waals surface area contributed by atoms with Crippen molar-refractivity contribution in [1.82, 2.24) is 0 Å². The number of carbonyl (C=O) groups is 2. The molecular formula is C21H21NO4. The molecule has 0 heterocycles. The van der Waals surface area contributed by atoms with Gasteiger partial charge in [-0.05, 0) is 48.9 Å². The number of nitrogens with one attached hydrogen (secondary N) is 1. The van der Waals surface area contributed by atoms with Crippen LogP contribution in [0.3, 0.4) is 0 Å². The van der Waals surface area contributed by atoms with Crippen molar-refractivity contribution >= 4 is 17.6 Å². The first-order valence-electron chi connectivity index (χ1n) is 8.92. The summed E-state index contributed by atoms with van der Waals surface area (Å²) in [5, 5.41) is 11.7. The van der Waals surface area contributed by atoms with Crippen molar-refractivity contribution in [3.05, 3.63) is 59.7 Å². The molecule has 0 radical (unpaired) electrons. The lowest BCUT2D eigenvalue weighted by molar-refractivity contribution is -0.139. The maximum atomic E-state index is 12.8. The Morgan fingerprint density at radius 1 is 1.19 bits per heavy atom. The van der Waals surface area contributed by atoms with Gasteiger partial charge < -0.3 is 15.2 Å². The SMILES string of the molecule is O=C(O)COc1cccc(NC(=O)C2CC23CCCc2ccccc23)c1. The molecule has 2 N–H and O–H groups in total. The Kier molecular flexibility index (Phi) is 4.15. The number of carboxylic acid groups (broad SMARTS) is 1. The normalized spacial score (nSPS) is 23.2. The summed E-state index contributed by atoms with van der Waals surface area (Å²) in [4.78, 5) is 23.4. The fourth-order valence-electron chi connectivity index (χ4n) is 4.21. The van der Waals surface area contributed by atoms with E-state index >= 15 is 0 Å². The highest BCUT2D eigenvalue weighted by Gasteiger charge is 2.60. The number of hydrogen-bond donors (Lipinski definition) is 2. The van der Waals surface area contributed by atoms with Crippen LogP contribution in [-0.2, 0) is 21.4 Å². The molecule has 0 aliphatic heterocycles. The Labute approximate surface area is 152 Å². The van der Waals surface area contributed by atoms with Crippen LogP contribution in [0.1, 0.15) is 30.4 Å². The molecule has 1 spiro atoms. The fraction of sp³-hybridized carbons (Fsp3) is 0.333. The van der Waals surface area contributed by atoms with Crippen molar-refractivity contribution in [2.45, 2.75) is 31.1 Å². The number of carbonyl (C=O) groups excluding carboxylic acids is 1. The Morgan fingerprint density at radius 2 is 2.04 bits per heavy atom. The Morgan fingerprint density at radius 3 is 2.88 bits per heavy atom. The van der Waals surface area contributed by atoms with Gasteiger partial charge >= 0.3 is 5.97 Å². The Bertz CT molecular complexity index is 863. The van der Waals surface area contributed by atoms with Crippen LogP contribution in [-0.4, -0.2) is 23.6 Å². The Hall–Kier alpha value is -2.82. The minimum atomic E-state index is -1.03. The molecular weight excluding hydrogens is 330 g/mol. The summed E-state index contributed by atoms with van der Waals surface area (Å²) in [5.74, 6) is -0.585. The Balaban J connectivity index is 1.46. The number of rotatable bonds is 5. The van der Waals surface area contributed by atoms with Crippen LogP contribution in [0.25, 0.3) is 0 Å². The third-order valence-electron chi connectivity index (χ3n) is 5.48. The van der Waals surface area contributed by atoms with Gasteiger partial charge in [0, 0.05) is 23.1 Å². The second kappa shape index (κ2) is 6.48. The van der Waals surface area contributed by atoms with Crippen molar-refractivity contribution in [2.75, 3.05) is 11.9 Å². The summed E-state index contributed by atoms with van der Waals surface area (Å²) in [6.07, 6.45) is 4.17. The van der Waals surface area contributed by atoms with Gasteiger partial charge in [0.1, 0.15) is 5.75 Å². The lowest BCUT2D eigenvalue weighted by atomic mass is 9.78. The highest BCUT2D eigenvalue weighted by atomic mass is 16.5. The molecule has 2 aromatic rings. The van der Waals surface area contributed by atoms with Crippen LogP contribution >= 0.6 is 0 Å². The molecule has 1 fully saturated rings. The molecule has 2 unspecified atom stereocenters. The summed E-state index contributed by atoms with van der Waals surface area (Å²) in [5.41, 5.74) is 3.34. The molecule has 2 atom stereocenters. The summed E-state index contributed by atoms with van der Waals surface area (Å²) in [7, 11) is 0. The van der Waals surface area contributed by atoms with Crippen LogP contribution in [0.5, 0.6) is 5.75 Å². The molecule has 0 aromatic heterocycles. The molecule has 2 aliphatic rings. The number of aliphatic carboxylic acids is 1. The van der Waals surface area contributed by atoms with Crippen LogP contribution < -0.4 is 10.1 Å². The number of ether oxygens (including phenoxy) is 1. The van der Waals surface area contributed by atoms with E-state index in [-0.39, 0.29) is 17.2 Å². The largest absolute Gasteiger partial charge is 0.482 e. The van der Waals surface area contributed by atoms with E-state index in [1.807, 2.05) is 0 Å². The monoisotopic (exact) mass is 351 g/mol. The van der Waals surface area contributed by atoms with Gasteiger partial charge in [-0.25, -0.2) is 4.79 Å². The molecule has 1 saturated carbocycles. The molecule has 2 aliphatic carbocycles. The van der Waals surface area contributed by atoms with Crippen molar-refractivity contribution in [2.24, 2.45) is 5.92 Å². The number of amides is 1. The predicted octanol–water partition coefficient (Wildman–Crippen LogP) is 3.38. The third kappa shape index (κ3) is 3.05. The fourth-order valence-corrected chi connectivity index (χ4v) is 4.21. The number of anilines is 1. The lowest BCUT2D eigenvalue weighted by Gasteiger charge is -2.26. The quantitative estimate of drug-likeness (QED) is 0.866. The van der Waals surface area contributed by atoms with Crippen LogP contribution in [0.4, 0.5) is 5.69 Å². The van der Waals surface area contributed by atoms with E-state index in [0.717, 1.165) is 25.7 Å². The average molecular weight is 351 g/mol. The summed E-state index contributed by atoms with van der Waals surface area (Å²) >= 11 is 0. The zero-order valence-electron chi connectivity index (χ0n) is 14.4. The first kappa shape index (κ1) is 16.6. The molecule has 4 rings (SSSR count). The number of carboxylic acids is 1. The van der Waals surface area contributed by atoms with E-state index < -0.39 is 12.6 Å². The van der Waals surface area contributed by atoms with Crippen molar-refractivity contribution in [3.63, 3.8) is 0 Å². The second-order valence-electron chi connectivity index (χ2n) is 7.12. The first-order chi connectivity index (χ1) is 12.6. The zero-order valence-corrected chi connectivity index (χ0v) is 14.4. The molecule has 0 saturated heterocycles. The molecule has 2 aromatic carbocycles. The van der Waals surface area contributed by atoms with Gasteiger partial charge in [-0.1, -0.05) is 30.3 Å². The van der Waals surface area contributed by atoms with Crippen molar-refractivity contribution in [1.29, 1.82) is 0 Å². The molecule has 5 nitrogen and oxygen atoms in total. The van der Waals surface area contributed by atoms with Gasteiger partial charge in [0.25, 0.3) is 0 Å². The van der Waals surface area contributed by atoms with E-state index in [1.165, 1.54) is 11.1 Å². The topological polar surface area (TPSA) is 75.6 Å². The first-order valence-corrected chi connectivity index (χ1v) is 8.92. The van der Waals surface area contributed by atoms with Crippen molar-refractivity contribution < 1.29 is 19.4 Å². The second-order valence-corrected chi connectivity index (χ2v) is 7.12. The third-order valence-corrected chi connectivity index (χ3v) is 5.48.